The average molecular weight is 297 g/mol. The Morgan fingerprint density at radius 3 is 2.29 bits per heavy atom. The third-order valence-corrected chi connectivity index (χ3v) is 5.15. The van der Waals surface area contributed by atoms with E-state index in [4.69, 9.17) is 0 Å². The molecule has 0 saturated heterocycles. The summed E-state index contributed by atoms with van der Waals surface area (Å²) in [6, 6.07) is 0. The Morgan fingerprint density at radius 1 is 1.10 bits per heavy atom. The third-order valence-electron chi connectivity index (χ3n) is 5.15. The van der Waals surface area contributed by atoms with Gasteiger partial charge in [0, 0.05) is 13.1 Å². The molecule has 1 aliphatic rings. The molecule has 1 rings (SSSR count). The molecule has 1 saturated carbocycles. The van der Waals surface area contributed by atoms with Gasteiger partial charge in [-0.25, -0.2) is 0 Å². The van der Waals surface area contributed by atoms with Crippen molar-refractivity contribution in [3.8, 4) is 0 Å². The van der Waals surface area contributed by atoms with Crippen molar-refractivity contribution in [3.63, 3.8) is 0 Å². The van der Waals surface area contributed by atoms with Gasteiger partial charge in [0.25, 0.3) is 0 Å². The van der Waals surface area contributed by atoms with Gasteiger partial charge in [0.2, 0.25) is 0 Å². The Labute approximate surface area is 134 Å². The molecule has 1 fully saturated rings. The molecule has 0 aromatic heterocycles. The summed E-state index contributed by atoms with van der Waals surface area (Å²) in [5.74, 6) is 0.914. The minimum atomic E-state index is 0.537. The summed E-state index contributed by atoms with van der Waals surface area (Å²) in [4.78, 5) is 2.78. The predicted octanol–water partition coefficient (Wildman–Crippen LogP) is 4.69. The zero-order chi connectivity index (χ0) is 15.6. The van der Waals surface area contributed by atoms with Gasteiger partial charge >= 0.3 is 0 Å². The summed E-state index contributed by atoms with van der Waals surface area (Å²) in [6.45, 7) is 15.6. The minimum Gasteiger partial charge on any atom is -0.316 e. The molecule has 0 aliphatic heterocycles. The van der Waals surface area contributed by atoms with Crippen LogP contribution < -0.4 is 5.32 Å². The lowest BCUT2D eigenvalue weighted by Gasteiger charge is -2.44. The quantitative estimate of drug-likeness (QED) is 0.595. The van der Waals surface area contributed by atoms with Gasteiger partial charge in [-0.3, -0.25) is 0 Å². The van der Waals surface area contributed by atoms with Crippen molar-refractivity contribution in [2.24, 2.45) is 11.3 Å². The number of nitrogens with zero attached hydrogens (tertiary/aromatic N) is 1. The van der Waals surface area contributed by atoms with Crippen molar-refractivity contribution in [2.75, 3.05) is 32.7 Å². The zero-order valence-electron chi connectivity index (χ0n) is 15.2. The highest BCUT2D eigenvalue weighted by Crippen LogP contribution is 2.39. The van der Waals surface area contributed by atoms with E-state index in [9.17, 15) is 0 Å². The molecule has 2 atom stereocenters. The Morgan fingerprint density at radius 2 is 1.76 bits per heavy atom. The van der Waals surface area contributed by atoms with E-state index >= 15 is 0 Å². The lowest BCUT2D eigenvalue weighted by molar-refractivity contribution is 0.0787. The fourth-order valence-corrected chi connectivity index (χ4v) is 4.03. The second kappa shape index (κ2) is 10.6. The van der Waals surface area contributed by atoms with Crippen LogP contribution in [0, 0.1) is 11.3 Å². The molecule has 0 spiro atoms. The van der Waals surface area contributed by atoms with Gasteiger partial charge in [-0.2, -0.15) is 0 Å². The molecule has 1 N–H and O–H groups in total. The zero-order valence-corrected chi connectivity index (χ0v) is 15.2. The summed E-state index contributed by atoms with van der Waals surface area (Å²) in [6.07, 6.45) is 11.1. The van der Waals surface area contributed by atoms with Crippen LogP contribution in [0.15, 0.2) is 0 Å². The summed E-state index contributed by atoms with van der Waals surface area (Å²) in [5.41, 5.74) is 0.537. The van der Waals surface area contributed by atoms with Crippen molar-refractivity contribution >= 4 is 0 Å². The molecular weight excluding hydrogens is 256 g/mol. The highest BCUT2D eigenvalue weighted by molar-refractivity contribution is 4.90. The molecule has 0 aromatic carbocycles. The molecule has 1 aliphatic carbocycles. The average Bonchev–Trinajstić information content (AvgIpc) is 2.48. The molecule has 21 heavy (non-hydrogen) atoms. The lowest BCUT2D eigenvalue weighted by Crippen LogP contribution is -2.47. The summed E-state index contributed by atoms with van der Waals surface area (Å²) in [7, 11) is 0. The van der Waals surface area contributed by atoms with Crippen molar-refractivity contribution in [1.29, 1.82) is 0 Å². The Hall–Kier alpha value is -0.0800. The molecule has 126 valence electrons. The van der Waals surface area contributed by atoms with Crippen LogP contribution in [-0.2, 0) is 0 Å². The third kappa shape index (κ3) is 7.15. The van der Waals surface area contributed by atoms with Crippen LogP contribution in [0.25, 0.3) is 0 Å². The van der Waals surface area contributed by atoms with Gasteiger partial charge in [-0.15, -0.1) is 0 Å². The SMILES string of the molecule is CCCCN(CCCC)CC1(CNCC)CCCC(C)C1. The summed E-state index contributed by atoms with van der Waals surface area (Å²) in [5, 5.41) is 3.67. The normalized spacial score (nSPS) is 26.4. The van der Waals surface area contributed by atoms with Crippen molar-refractivity contribution < 1.29 is 0 Å². The van der Waals surface area contributed by atoms with E-state index in [2.05, 4.69) is 37.9 Å². The largest absolute Gasteiger partial charge is 0.316 e. The number of hydrogen-bond donors (Lipinski definition) is 1. The fourth-order valence-electron chi connectivity index (χ4n) is 4.03. The van der Waals surface area contributed by atoms with E-state index < -0.39 is 0 Å². The van der Waals surface area contributed by atoms with Crippen LogP contribution in [0.5, 0.6) is 0 Å². The molecule has 2 heteroatoms. The van der Waals surface area contributed by atoms with Crippen LogP contribution in [0.1, 0.15) is 79.1 Å². The molecule has 2 nitrogen and oxygen atoms in total. The van der Waals surface area contributed by atoms with Gasteiger partial charge in [0.05, 0.1) is 0 Å². The maximum absolute atomic E-state index is 3.67. The van der Waals surface area contributed by atoms with Crippen LogP contribution in [0.4, 0.5) is 0 Å². The Balaban J connectivity index is 2.65. The molecule has 2 unspecified atom stereocenters. The number of unbranched alkanes of at least 4 members (excludes halogenated alkanes) is 2. The highest BCUT2D eigenvalue weighted by atomic mass is 15.1. The molecule has 0 aromatic rings. The molecular formula is C19H40N2. The van der Waals surface area contributed by atoms with Crippen LogP contribution in [-0.4, -0.2) is 37.6 Å². The van der Waals surface area contributed by atoms with Crippen molar-refractivity contribution in [1.82, 2.24) is 10.2 Å². The number of rotatable bonds is 11. The molecule has 0 bridgehead atoms. The molecule has 0 amide bonds. The monoisotopic (exact) mass is 296 g/mol. The van der Waals surface area contributed by atoms with Gasteiger partial charge in [0.15, 0.2) is 0 Å². The van der Waals surface area contributed by atoms with Gasteiger partial charge in [-0.05, 0) is 56.7 Å². The smallest absolute Gasteiger partial charge is 0.00502 e. The van der Waals surface area contributed by atoms with E-state index in [1.54, 1.807) is 0 Å². The van der Waals surface area contributed by atoms with E-state index in [1.165, 1.54) is 77.5 Å². The second-order valence-corrected chi connectivity index (χ2v) is 7.47. The minimum absolute atomic E-state index is 0.537. The first-order valence-electron chi connectivity index (χ1n) is 9.59. The predicted molar refractivity (Wildman–Crippen MR) is 94.9 cm³/mol. The van der Waals surface area contributed by atoms with Gasteiger partial charge in [-0.1, -0.05) is 53.4 Å². The van der Waals surface area contributed by atoms with E-state index in [1.807, 2.05) is 0 Å². The second-order valence-electron chi connectivity index (χ2n) is 7.47. The van der Waals surface area contributed by atoms with Crippen molar-refractivity contribution in [2.45, 2.75) is 79.1 Å². The van der Waals surface area contributed by atoms with E-state index in [0.29, 0.717) is 5.41 Å². The summed E-state index contributed by atoms with van der Waals surface area (Å²) < 4.78 is 0. The van der Waals surface area contributed by atoms with Gasteiger partial charge < -0.3 is 10.2 Å². The fraction of sp³-hybridized carbons (Fsp3) is 1.00. The molecule has 0 radical (unpaired) electrons. The standard InChI is InChI=1S/C19H40N2/c1-5-8-13-21(14-9-6-2)17-19(16-20-7-3)12-10-11-18(4)15-19/h18,20H,5-17H2,1-4H3. The highest BCUT2D eigenvalue weighted by Gasteiger charge is 2.35. The Kier molecular flexibility index (Phi) is 9.59. The van der Waals surface area contributed by atoms with Crippen LogP contribution in [0.2, 0.25) is 0 Å². The van der Waals surface area contributed by atoms with Gasteiger partial charge in [0.1, 0.15) is 0 Å². The first-order chi connectivity index (χ1) is 10.2. The maximum atomic E-state index is 3.67. The first kappa shape index (κ1) is 19.0. The van der Waals surface area contributed by atoms with Crippen LogP contribution in [0.3, 0.4) is 0 Å². The topological polar surface area (TPSA) is 15.3 Å². The van der Waals surface area contributed by atoms with E-state index in [-0.39, 0.29) is 0 Å². The Bertz CT molecular complexity index is 246. The van der Waals surface area contributed by atoms with Crippen molar-refractivity contribution in [3.05, 3.63) is 0 Å². The maximum Gasteiger partial charge on any atom is 0.00502 e. The first-order valence-corrected chi connectivity index (χ1v) is 9.59. The number of hydrogen-bond acceptors (Lipinski definition) is 2. The number of nitrogens with one attached hydrogen (secondary N) is 1. The lowest BCUT2D eigenvalue weighted by atomic mass is 9.69. The molecule has 0 heterocycles. The van der Waals surface area contributed by atoms with E-state index in [0.717, 1.165) is 12.5 Å². The van der Waals surface area contributed by atoms with Crippen LogP contribution >= 0.6 is 0 Å². The summed E-state index contributed by atoms with van der Waals surface area (Å²) >= 11 is 0.